The molecule has 110 valence electrons. The largest absolute Gasteiger partial charge is 0.480 e. The number of carbonyl (C=O) groups is 2. The Morgan fingerprint density at radius 2 is 1.89 bits per heavy atom. The first-order chi connectivity index (χ1) is 8.88. The zero-order chi connectivity index (χ0) is 14.8. The van der Waals surface area contributed by atoms with Crippen LogP contribution in [0.3, 0.4) is 0 Å². The quantitative estimate of drug-likeness (QED) is 0.150. The normalized spacial score (nSPS) is 13.4. The van der Waals surface area contributed by atoms with Gasteiger partial charge in [-0.3, -0.25) is 9.79 Å². The van der Waals surface area contributed by atoms with Gasteiger partial charge in [0.2, 0.25) is 5.91 Å². The van der Waals surface area contributed by atoms with E-state index in [2.05, 4.69) is 10.3 Å². The summed E-state index contributed by atoms with van der Waals surface area (Å²) in [6.07, 6.45) is 0.945. The van der Waals surface area contributed by atoms with Crippen molar-refractivity contribution in [3.8, 4) is 0 Å². The number of carboxylic acid groups (broad SMARTS) is 1. The predicted octanol–water partition coefficient (Wildman–Crippen LogP) is -2.71. The van der Waals surface area contributed by atoms with Crippen molar-refractivity contribution < 1.29 is 14.7 Å². The number of amides is 1. The molecular formula is C10H22N6O3. The van der Waals surface area contributed by atoms with Crippen molar-refractivity contribution >= 4 is 17.8 Å². The maximum absolute atomic E-state index is 11.6. The molecule has 0 unspecified atom stereocenters. The summed E-state index contributed by atoms with van der Waals surface area (Å²) in [6, 6.07) is -1.81. The number of hydrogen-bond acceptors (Lipinski definition) is 5. The average Bonchev–Trinajstić information content (AvgIpc) is 2.32. The van der Waals surface area contributed by atoms with E-state index in [0.717, 1.165) is 0 Å². The summed E-state index contributed by atoms with van der Waals surface area (Å²) < 4.78 is 0. The molecule has 0 aromatic heterocycles. The zero-order valence-electron chi connectivity index (χ0n) is 10.7. The predicted molar refractivity (Wildman–Crippen MR) is 71.1 cm³/mol. The maximum atomic E-state index is 11.6. The fourth-order valence-corrected chi connectivity index (χ4v) is 1.35. The van der Waals surface area contributed by atoms with Gasteiger partial charge in [-0.15, -0.1) is 0 Å². The van der Waals surface area contributed by atoms with E-state index in [1.807, 2.05) is 0 Å². The van der Waals surface area contributed by atoms with Gasteiger partial charge >= 0.3 is 5.97 Å². The van der Waals surface area contributed by atoms with E-state index < -0.39 is 24.0 Å². The van der Waals surface area contributed by atoms with Gasteiger partial charge < -0.3 is 33.4 Å². The van der Waals surface area contributed by atoms with Crippen molar-refractivity contribution in [3.05, 3.63) is 0 Å². The number of carbonyl (C=O) groups excluding carboxylic acids is 1. The van der Waals surface area contributed by atoms with Gasteiger partial charge in [-0.1, -0.05) is 0 Å². The second-order valence-electron chi connectivity index (χ2n) is 4.03. The van der Waals surface area contributed by atoms with Crippen LogP contribution in [0.1, 0.15) is 19.3 Å². The lowest BCUT2D eigenvalue weighted by atomic mass is 10.1. The van der Waals surface area contributed by atoms with Gasteiger partial charge in [-0.05, 0) is 25.8 Å². The second-order valence-corrected chi connectivity index (χ2v) is 4.03. The standard InChI is InChI=1S/C10H22N6O3/c11-4-3-6(12)8(17)16-7(9(18)19)2-1-5-15-10(13)14/h6-7H,1-5,11-12H2,(H,16,17)(H,18,19)(H4,13,14,15)/t6-,7-/m0/s1. The molecule has 0 radical (unpaired) electrons. The first kappa shape index (κ1) is 17.1. The van der Waals surface area contributed by atoms with Crippen LogP contribution in [-0.4, -0.2) is 48.1 Å². The minimum absolute atomic E-state index is 0.0547. The lowest BCUT2D eigenvalue weighted by Gasteiger charge is -2.17. The van der Waals surface area contributed by atoms with E-state index in [1.54, 1.807) is 0 Å². The SMILES string of the molecule is NCC[C@H](N)C(=O)N[C@@H](CCCN=C(N)N)C(=O)O. The van der Waals surface area contributed by atoms with Gasteiger partial charge in [0.05, 0.1) is 6.04 Å². The van der Waals surface area contributed by atoms with E-state index >= 15 is 0 Å². The minimum atomic E-state index is -1.13. The summed E-state index contributed by atoms with van der Waals surface area (Å²) in [7, 11) is 0. The molecule has 2 atom stereocenters. The van der Waals surface area contributed by atoms with E-state index in [9.17, 15) is 9.59 Å². The number of nitrogens with zero attached hydrogens (tertiary/aromatic N) is 1. The fraction of sp³-hybridized carbons (Fsp3) is 0.700. The van der Waals surface area contributed by atoms with Crippen molar-refractivity contribution in [1.82, 2.24) is 5.32 Å². The molecule has 1 amide bonds. The molecule has 0 aliphatic rings. The molecule has 0 rings (SSSR count). The first-order valence-corrected chi connectivity index (χ1v) is 5.92. The van der Waals surface area contributed by atoms with Crippen LogP contribution in [0.5, 0.6) is 0 Å². The van der Waals surface area contributed by atoms with Crippen LogP contribution in [0, 0.1) is 0 Å². The van der Waals surface area contributed by atoms with Gasteiger partial charge in [-0.2, -0.15) is 0 Å². The highest BCUT2D eigenvalue weighted by Crippen LogP contribution is 1.99. The second kappa shape index (κ2) is 9.11. The van der Waals surface area contributed by atoms with Crippen molar-refractivity contribution in [2.24, 2.45) is 27.9 Å². The molecule has 0 aliphatic carbocycles. The van der Waals surface area contributed by atoms with Gasteiger partial charge in [0.25, 0.3) is 0 Å². The van der Waals surface area contributed by atoms with Crippen molar-refractivity contribution in [3.63, 3.8) is 0 Å². The van der Waals surface area contributed by atoms with Crippen LogP contribution in [0.15, 0.2) is 4.99 Å². The monoisotopic (exact) mass is 274 g/mol. The molecular weight excluding hydrogens is 252 g/mol. The Morgan fingerprint density at radius 1 is 1.26 bits per heavy atom. The highest BCUT2D eigenvalue weighted by atomic mass is 16.4. The summed E-state index contributed by atoms with van der Waals surface area (Å²) in [6.45, 7) is 0.563. The number of aliphatic carboxylic acids is 1. The summed E-state index contributed by atoms with van der Waals surface area (Å²) in [4.78, 5) is 26.3. The lowest BCUT2D eigenvalue weighted by molar-refractivity contribution is -0.142. The molecule has 0 saturated carbocycles. The zero-order valence-corrected chi connectivity index (χ0v) is 10.7. The third-order valence-corrected chi connectivity index (χ3v) is 2.37. The molecule has 19 heavy (non-hydrogen) atoms. The maximum Gasteiger partial charge on any atom is 0.326 e. The molecule has 0 fully saturated rings. The Balaban J connectivity index is 4.23. The Morgan fingerprint density at radius 3 is 2.37 bits per heavy atom. The number of rotatable bonds is 9. The summed E-state index contributed by atoms with van der Waals surface area (Å²) in [5, 5.41) is 11.3. The van der Waals surface area contributed by atoms with Gasteiger partial charge in [0, 0.05) is 6.54 Å². The Kier molecular flexibility index (Phi) is 8.22. The van der Waals surface area contributed by atoms with Gasteiger partial charge in [-0.25, -0.2) is 4.79 Å². The fourth-order valence-electron chi connectivity index (χ4n) is 1.35. The van der Waals surface area contributed by atoms with Crippen LogP contribution in [0.25, 0.3) is 0 Å². The number of nitrogens with one attached hydrogen (secondary N) is 1. The smallest absolute Gasteiger partial charge is 0.326 e. The summed E-state index contributed by atoms with van der Waals surface area (Å²) in [5.74, 6) is -1.71. The van der Waals surface area contributed by atoms with Crippen molar-refractivity contribution in [1.29, 1.82) is 0 Å². The third kappa shape index (κ3) is 7.95. The molecule has 0 spiro atoms. The Bertz CT molecular complexity index is 329. The van der Waals surface area contributed by atoms with Crippen LogP contribution < -0.4 is 28.3 Å². The topological polar surface area (TPSA) is 183 Å². The summed E-state index contributed by atoms with van der Waals surface area (Å²) in [5.41, 5.74) is 21.1. The van der Waals surface area contributed by atoms with E-state index in [4.69, 9.17) is 28.0 Å². The molecule has 0 aromatic carbocycles. The molecule has 10 N–H and O–H groups in total. The minimum Gasteiger partial charge on any atom is -0.480 e. The Labute approximate surface area is 111 Å². The van der Waals surface area contributed by atoms with Gasteiger partial charge in [0.15, 0.2) is 5.96 Å². The molecule has 9 heteroatoms. The number of aliphatic imine (C=N–C) groups is 1. The van der Waals surface area contributed by atoms with E-state index in [0.29, 0.717) is 19.4 Å². The summed E-state index contributed by atoms with van der Waals surface area (Å²) >= 11 is 0. The molecule has 9 nitrogen and oxygen atoms in total. The highest BCUT2D eigenvalue weighted by molar-refractivity contribution is 5.86. The third-order valence-electron chi connectivity index (χ3n) is 2.37. The van der Waals surface area contributed by atoms with Crippen molar-refractivity contribution in [2.75, 3.05) is 13.1 Å². The van der Waals surface area contributed by atoms with Gasteiger partial charge in [0.1, 0.15) is 6.04 Å². The molecule has 0 aliphatic heterocycles. The highest BCUT2D eigenvalue weighted by Gasteiger charge is 2.22. The van der Waals surface area contributed by atoms with Crippen LogP contribution in [-0.2, 0) is 9.59 Å². The van der Waals surface area contributed by atoms with Crippen molar-refractivity contribution in [2.45, 2.75) is 31.3 Å². The van der Waals surface area contributed by atoms with Crippen LogP contribution in [0.2, 0.25) is 0 Å². The molecule has 0 heterocycles. The van der Waals surface area contributed by atoms with Crippen LogP contribution >= 0.6 is 0 Å². The van der Waals surface area contributed by atoms with E-state index in [-0.39, 0.29) is 18.9 Å². The molecule has 0 bridgehead atoms. The van der Waals surface area contributed by atoms with Crippen LogP contribution in [0.4, 0.5) is 0 Å². The number of nitrogens with two attached hydrogens (primary N) is 4. The molecule has 0 aromatic rings. The first-order valence-electron chi connectivity index (χ1n) is 5.92. The Hall–Kier alpha value is -1.87. The molecule has 0 saturated heterocycles. The number of hydrogen-bond donors (Lipinski definition) is 6. The lowest BCUT2D eigenvalue weighted by Crippen LogP contribution is -2.49. The average molecular weight is 274 g/mol. The van der Waals surface area contributed by atoms with E-state index in [1.165, 1.54) is 0 Å². The number of guanidine groups is 1. The number of carboxylic acids is 1.